The molecular weight excluding hydrogens is 607 g/mol. The van der Waals surface area contributed by atoms with Gasteiger partial charge in [-0.15, -0.1) is 0 Å². The highest BCUT2D eigenvalue weighted by Crippen LogP contribution is 2.42. The van der Waals surface area contributed by atoms with Crippen LogP contribution in [-0.2, 0) is 0 Å². The quantitative estimate of drug-likeness (QED) is 0.184. The van der Waals surface area contributed by atoms with E-state index in [9.17, 15) is 0 Å². The zero-order valence-corrected chi connectivity index (χ0v) is 27.2. The molecule has 0 spiro atoms. The summed E-state index contributed by atoms with van der Waals surface area (Å²) in [7, 11) is 0. The average Bonchev–Trinajstić information content (AvgIpc) is 3.72. The number of benzene rings is 7. The molecule has 3 heterocycles. The summed E-state index contributed by atoms with van der Waals surface area (Å²) >= 11 is 0. The van der Waals surface area contributed by atoms with Gasteiger partial charge in [0.2, 0.25) is 0 Å². The first kappa shape index (κ1) is 28.3. The normalized spacial score (nSPS) is 11.6. The van der Waals surface area contributed by atoms with E-state index >= 15 is 0 Å². The number of hydrogen-bond donors (Lipinski definition) is 0. The Morgan fingerprint density at radius 3 is 1.62 bits per heavy atom. The Bertz CT molecular complexity index is 2790. The van der Waals surface area contributed by atoms with Crippen LogP contribution in [0, 0.1) is 0 Å². The van der Waals surface area contributed by atoms with E-state index in [0.29, 0.717) is 0 Å². The molecule has 0 unspecified atom stereocenters. The number of fused-ring (bicyclic) bond motifs is 7. The smallest absolute Gasteiger partial charge is 0.0716 e. The summed E-state index contributed by atoms with van der Waals surface area (Å²) in [5, 5.41) is 4.99. The van der Waals surface area contributed by atoms with E-state index in [2.05, 4.69) is 191 Å². The van der Waals surface area contributed by atoms with Crippen molar-refractivity contribution >= 4 is 43.6 Å². The van der Waals surface area contributed by atoms with Crippen LogP contribution >= 0.6 is 0 Å². The van der Waals surface area contributed by atoms with E-state index in [1.54, 1.807) is 0 Å². The first-order chi connectivity index (χ1) is 24.8. The minimum Gasteiger partial charge on any atom is -0.309 e. The van der Waals surface area contributed by atoms with E-state index in [1.165, 1.54) is 49.2 Å². The Kier molecular flexibility index (Phi) is 6.49. The molecule has 234 valence electrons. The Morgan fingerprint density at radius 2 is 0.880 bits per heavy atom. The minimum atomic E-state index is 0.944. The fourth-order valence-electron chi connectivity index (χ4n) is 7.67. The van der Waals surface area contributed by atoms with Gasteiger partial charge in [0.25, 0.3) is 0 Å². The van der Waals surface area contributed by atoms with Gasteiger partial charge in [-0.2, -0.15) is 0 Å². The van der Waals surface area contributed by atoms with Crippen molar-refractivity contribution < 1.29 is 0 Å². The van der Waals surface area contributed by atoms with E-state index < -0.39 is 0 Å². The maximum Gasteiger partial charge on any atom is 0.0716 e. The largest absolute Gasteiger partial charge is 0.309 e. The first-order valence-electron chi connectivity index (χ1n) is 17.1. The van der Waals surface area contributed by atoms with Gasteiger partial charge in [-0.05, 0) is 65.7 Å². The van der Waals surface area contributed by atoms with E-state index in [4.69, 9.17) is 4.98 Å². The lowest BCUT2D eigenvalue weighted by Gasteiger charge is -2.13. The van der Waals surface area contributed by atoms with Crippen LogP contribution in [0.3, 0.4) is 0 Å². The maximum absolute atomic E-state index is 5.24. The van der Waals surface area contributed by atoms with Gasteiger partial charge in [0.05, 0.1) is 33.5 Å². The van der Waals surface area contributed by atoms with Crippen LogP contribution in [0.15, 0.2) is 188 Å². The average molecular weight is 638 g/mol. The summed E-state index contributed by atoms with van der Waals surface area (Å²) in [4.78, 5) is 5.24. The molecule has 0 N–H and O–H groups in total. The van der Waals surface area contributed by atoms with E-state index in [0.717, 1.165) is 39.5 Å². The van der Waals surface area contributed by atoms with Gasteiger partial charge in [-0.1, -0.05) is 133 Å². The molecule has 0 atom stereocenters. The number of hydrogen-bond acceptors (Lipinski definition) is 1. The van der Waals surface area contributed by atoms with Crippen molar-refractivity contribution in [3.05, 3.63) is 188 Å². The number of rotatable bonds is 5. The topological polar surface area (TPSA) is 22.8 Å². The monoisotopic (exact) mass is 637 g/mol. The standard InChI is InChI=1S/C47H31N3/c1-4-15-32(16-5-1)35-30-41(33-17-6-2-7-18-33)48-42(31-35)34-19-14-22-37(29-34)49-44-26-13-11-24-40(44)46-45(49)28-27-39-38-23-10-12-25-43(38)50(47(39)46)36-20-8-3-9-21-36/h1-31H. The molecule has 0 aliphatic heterocycles. The van der Waals surface area contributed by atoms with Crippen molar-refractivity contribution in [2.75, 3.05) is 0 Å². The summed E-state index contributed by atoms with van der Waals surface area (Å²) in [6, 6.07) is 67.2. The fraction of sp³-hybridized carbons (Fsp3) is 0. The second-order valence-electron chi connectivity index (χ2n) is 12.8. The molecule has 3 nitrogen and oxygen atoms in total. The molecular formula is C47H31N3. The molecule has 0 saturated heterocycles. The molecule has 0 aliphatic rings. The number of aromatic nitrogens is 3. The van der Waals surface area contributed by atoms with Crippen LogP contribution in [0.25, 0.3) is 88.6 Å². The second kappa shape index (κ2) is 11.5. The van der Waals surface area contributed by atoms with Gasteiger partial charge >= 0.3 is 0 Å². The Balaban J connectivity index is 1.23. The van der Waals surface area contributed by atoms with E-state index in [1.807, 2.05) is 6.07 Å². The molecule has 50 heavy (non-hydrogen) atoms. The molecule has 10 rings (SSSR count). The van der Waals surface area contributed by atoms with Crippen molar-refractivity contribution in [3.8, 4) is 45.0 Å². The summed E-state index contributed by atoms with van der Waals surface area (Å²) in [6.45, 7) is 0. The zero-order valence-electron chi connectivity index (χ0n) is 27.2. The van der Waals surface area contributed by atoms with Crippen LogP contribution in [0.1, 0.15) is 0 Å². The highest BCUT2D eigenvalue weighted by atomic mass is 15.0. The number of nitrogens with zero attached hydrogens (tertiary/aromatic N) is 3. The summed E-state index contributed by atoms with van der Waals surface area (Å²) in [6.07, 6.45) is 0. The minimum absolute atomic E-state index is 0.944. The van der Waals surface area contributed by atoms with Gasteiger partial charge in [0, 0.05) is 44.0 Å². The second-order valence-corrected chi connectivity index (χ2v) is 12.8. The van der Waals surface area contributed by atoms with Gasteiger partial charge in [0.15, 0.2) is 0 Å². The SMILES string of the molecule is c1ccc(-c2cc(-c3ccccc3)nc(-c3cccc(-n4c5ccccc5c5c4ccc4c6ccccc6n(-c6ccccc6)c45)c3)c2)cc1. The molecule has 0 aliphatic carbocycles. The molecule has 7 aromatic carbocycles. The number of para-hydroxylation sites is 3. The maximum atomic E-state index is 5.24. The predicted molar refractivity (Wildman–Crippen MR) is 209 cm³/mol. The molecule has 10 aromatic rings. The van der Waals surface area contributed by atoms with Crippen molar-refractivity contribution in [2.45, 2.75) is 0 Å². The van der Waals surface area contributed by atoms with Crippen LogP contribution in [0.2, 0.25) is 0 Å². The first-order valence-corrected chi connectivity index (χ1v) is 17.1. The van der Waals surface area contributed by atoms with Crippen molar-refractivity contribution in [1.82, 2.24) is 14.1 Å². The molecule has 0 amide bonds. The highest BCUT2D eigenvalue weighted by Gasteiger charge is 2.21. The summed E-state index contributed by atoms with van der Waals surface area (Å²) < 4.78 is 4.85. The van der Waals surface area contributed by atoms with Crippen molar-refractivity contribution in [1.29, 1.82) is 0 Å². The van der Waals surface area contributed by atoms with Crippen LogP contribution < -0.4 is 0 Å². The van der Waals surface area contributed by atoms with E-state index in [-0.39, 0.29) is 0 Å². The molecule has 0 radical (unpaired) electrons. The Morgan fingerprint density at radius 1 is 0.320 bits per heavy atom. The third-order valence-corrected chi connectivity index (χ3v) is 9.89. The van der Waals surface area contributed by atoms with Crippen LogP contribution in [0.5, 0.6) is 0 Å². The molecule has 0 fully saturated rings. The summed E-state index contributed by atoms with van der Waals surface area (Å²) in [5.41, 5.74) is 13.4. The Hall–Kier alpha value is -6.71. The Labute approximate surface area is 290 Å². The molecule has 3 aromatic heterocycles. The van der Waals surface area contributed by atoms with Crippen molar-refractivity contribution in [3.63, 3.8) is 0 Å². The lowest BCUT2D eigenvalue weighted by Crippen LogP contribution is -1.96. The molecule has 0 bridgehead atoms. The van der Waals surface area contributed by atoms with Gasteiger partial charge in [-0.3, -0.25) is 0 Å². The van der Waals surface area contributed by atoms with Gasteiger partial charge in [0.1, 0.15) is 0 Å². The van der Waals surface area contributed by atoms with Gasteiger partial charge in [-0.25, -0.2) is 4.98 Å². The molecule has 3 heteroatoms. The third kappa shape index (κ3) is 4.48. The third-order valence-electron chi connectivity index (χ3n) is 9.89. The number of pyridine rings is 1. The fourth-order valence-corrected chi connectivity index (χ4v) is 7.67. The zero-order chi connectivity index (χ0) is 33.0. The highest BCUT2D eigenvalue weighted by molar-refractivity contribution is 6.26. The predicted octanol–water partition coefficient (Wildman–Crippen LogP) is 12.3. The molecule has 0 saturated carbocycles. The van der Waals surface area contributed by atoms with Crippen molar-refractivity contribution in [2.24, 2.45) is 0 Å². The van der Waals surface area contributed by atoms with Gasteiger partial charge < -0.3 is 9.13 Å². The van der Waals surface area contributed by atoms with Crippen LogP contribution in [-0.4, -0.2) is 14.1 Å². The summed E-state index contributed by atoms with van der Waals surface area (Å²) in [5.74, 6) is 0. The lowest BCUT2D eigenvalue weighted by atomic mass is 10.00. The van der Waals surface area contributed by atoms with Crippen LogP contribution in [0.4, 0.5) is 0 Å². The lowest BCUT2D eigenvalue weighted by molar-refractivity contribution is 1.17.